The van der Waals surface area contributed by atoms with Gasteiger partial charge in [0.05, 0.1) is 12.2 Å². The van der Waals surface area contributed by atoms with Gasteiger partial charge in [0, 0.05) is 13.1 Å². The first-order chi connectivity index (χ1) is 8.53. The van der Waals surface area contributed by atoms with Crippen molar-refractivity contribution in [3.05, 3.63) is 0 Å². The molecule has 1 aliphatic heterocycles. The average molecular weight is 292 g/mol. The van der Waals surface area contributed by atoms with E-state index in [4.69, 9.17) is 5.11 Å². The van der Waals surface area contributed by atoms with Crippen molar-refractivity contribution in [1.82, 2.24) is 9.62 Å². The molecule has 110 valence electrons. The number of sulfonamides is 1. The van der Waals surface area contributed by atoms with E-state index in [1.165, 1.54) is 18.7 Å². The van der Waals surface area contributed by atoms with Crippen molar-refractivity contribution in [3.63, 3.8) is 0 Å². The second-order valence-electron chi connectivity index (χ2n) is 5.43. The zero-order valence-electron chi connectivity index (χ0n) is 11.3. The molecule has 1 fully saturated rings. The summed E-state index contributed by atoms with van der Waals surface area (Å²) in [6, 6.07) is 0. The van der Waals surface area contributed by atoms with Crippen molar-refractivity contribution in [2.75, 3.05) is 19.3 Å². The second kappa shape index (κ2) is 5.46. The Kier molecular flexibility index (Phi) is 4.57. The van der Waals surface area contributed by atoms with E-state index < -0.39 is 33.4 Å². The number of carbonyl (C=O) groups excluding carboxylic acids is 1. The predicted octanol–water partition coefficient (Wildman–Crippen LogP) is -0.363. The lowest BCUT2D eigenvalue weighted by Crippen LogP contribution is -2.57. The van der Waals surface area contributed by atoms with Crippen molar-refractivity contribution in [2.24, 2.45) is 5.92 Å². The molecule has 1 saturated heterocycles. The number of likely N-dealkylation sites (tertiary alicyclic amines) is 1. The highest BCUT2D eigenvalue weighted by atomic mass is 32.2. The number of nitrogens with zero attached hydrogens (tertiary/aromatic N) is 1. The number of hydrogen-bond donors (Lipinski definition) is 2. The highest BCUT2D eigenvalue weighted by Crippen LogP contribution is 2.20. The molecule has 0 unspecified atom stereocenters. The van der Waals surface area contributed by atoms with E-state index in [1.807, 2.05) is 0 Å². The Hall–Kier alpha value is -1.15. The Morgan fingerprint density at radius 2 is 1.95 bits per heavy atom. The van der Waals surface area contributed by atoms with Gasteiger partial charge < -0.3 is 10.0 Å². The van der Waals surface area contributed by atoms with Crippen molar-refractivity contribution >= 4 is 21.9 Å². The number of carboxylic acid groups (broad SMARTS) is 1. The molecular formula is C11H20N2O5S. The van der Waals surface area contributed by atoms with Crippen molar-refractivity contribution in [1.29, 1.82) is 0 Å². The van der Waals surface area contributed by atoms with E-state index in [-0.39, 0.29) is 6.54 Å². The minimum atomic E-state index is -3.51. The average Bonchev–Trinajstić information content (AvgIpc) is 2.25. The molecule has 0 radical (unpaired) electrons. The van der Waals surface area contributed by atoms with Crippen LogP contribution < -0.4 is 4.72 Å². The Balaban J connectivity index is 2.79. The molecule has 1 heterocycles. The van der Waals surface area contributed by atoms with Crippen LogP contribution in [0, 0.1) is 5.92 Å². The van der Waals surface area contributed by atoms with Crippen LogP contribution in [-0.4, -0.2) is 55.2 Å². The van der Waals surface area contributed by atoms with Crippen LogP contribution in [0.25, 0.3) is 0 Å². The standard InChI is InChI=1S/C11H20N2O5S/c1-11(2,12-19(3,17)18)10(16)13-6-4-5-8(7-13)9(14)15/h8,12H,4-7H2,1-3H3,(H,14,15)/t8-/m1/s1. The molecule has 0 aromatic carbocycles. The lowest BCUT2D eigenvalue weighted by Gasteiger charge is -2.36. The van der Waals surface area contributed by atoms with Crippen LogP contribution in [0.15, 0.2) is 0 Å². The molecular weight excluding hydrogens is 272 g/mol. The molecule has 1 atom stereocenters. The van der Waals surface area contributed by atoms with Crippen molar-refractivity contribution in [2.45, 2.75) is 32.2 Å². The lowest BCUT2D eigenvalue weighted by atomic mass is 9.96. The second-order valence-corrected chi connectivity index (χ2v) is 7.18. The summed E-state index contributed by atoms with van der Waals surface area (Å²) in [5, 5.41) is 8.98. The number of carboxylic acids is 1. The first kappa shape index (κ1) is 15.9. The maximum atomic E-state index is 12.3. The summed E-state index contributed by atoms with van der Waals surface area (Å²) in [7, 11) is -3.51. The first-order valence-corrected chi connectivity index (χ1v) is 7.93. The van der Waals surface area contributed by atoms with Gasteiger partial charge in [0.2, 0.25) is 15.9 Å². The van der Waals surface area contributed by atoms with Gasteiger partial charge in [0.25, 0.3) is 0 Å². The summed E-state index contributed by atoms with van der Waals surface area (Å²) in [6.07, 6.45) is 2.13. The molecule has 19 heavy (non-hydrogen) atoms. The summed E-state index contributed by atoms with van der Waals surface area (Å²) >= 11 is 0. The van der Waals surface area contributed by atoms with Gasteiger partial charge in [0.1, 0.15) is 5.54 Å². The zero-order chi connectivity index (χ0) is 14.8. The van der Waals surface area contributed by atoms with E-state index in [2.05, 4.69) is 4.72 Å². The summed E-state index contributed by atoms with van der Waals surface area (Å²) in [5.74, 6) is -1.90. The van der Waals surface area contributed by atoms with Crippen LogP contribution in [0.4, 0.5) is 0 Å². The highest BCUT2D eigenvalue weighted by Gasteiger charge is 2.37. The predicted molar refractivity (Wildman–Crippen MR) is 69.0 cm³/mol. The summed E-state index contributed by atoms with van der Waals surface area (Å²) in [6.45, 7) is 3.53. The smallest absolute Gasteiger partial charge is 0.308 e. The first-order valence-electron chi connectivity index (χ1n) is 6.04. The van der Waals surface area contributed by atoms with Crippen LogP contribution in [0.5, 0.6) is 0 Å². The Morgan fingerprint density at radius 3 is 2.42 bits per heavy atom. The zero-order valence-corrected chi connectivity index (χ0v) is 12.2. The number of hydrogen-bond acceptors (Lipinski definition) is 4. The SMILES string of the molecule is CC(C)(NS(C)(=O)=O)C(=O)N1CCC[C@@H](C(=O)O)C1. The van der Waals surface area contributed by atoms with Gasteiger partial charge in [-0.3, -0.25) is 9.59 Å². The fourth-order valence-corrected chi connectivity index (χ4v) is 3.28. The topological polar surface area (TPSA) is 104 Å². The van der Waals surface area contributed by atoms with E-state index in [0.717, 1.165) is 6.26 Å². The number of aliphatic carboxylic acids is 1. The number of rotatable bonds is 4. The molecule has 0 spiro atoms. The molecule has 1 aliphatic rings. The van der Waals surface area contributed by atoms with Crippen LogP contribution in [0.3, 0.4) is 0 Å². The number of carbonyl (C=O) groups is 2. The molecule has 0 bridgehead atoms. The largest absolute Gasteiger partial charge is 0.481 e. The Morgan fingerprint density at radius 1 is 1.37 bits per heavy atom. The molecule has 8 heteroatoms. The summed E-state index contributed by atoms with van der Waals surface area (Å²) in [4.78, 5) is 24.6. The fourth-order valence-electron chi connectivity index (χ4n) is 2.27. The third kappa shape index (κ3) is 4.46. The van der Waals surface area contributed by atoms with E-state index in [1.54, 1.807) is 0 Å². The van der Waals surface area contributed by atoms with Gasteiger partial charge in [-0.05, 0) is 26.7 Å². The van der Waals surface area contributed by atoms with Gasteiger partial charge >= 0.3 is 5.97 Å². The molecule has 0 aromatic heterocycles. The lowest BCUT2D eigenvalue weighted by molar-refractivity contribution is -0.147. The van der Waals surface area contributed by atoms with E-state index in [0.29, 0.717) is 19.4 Å². The summed E-state index contributed by atoms with van der Waals surface area (Å²) in [5.41, 5.74) is -1.27. The van der Waals surface area contributed by atoms with Gasteiger partial charge in [-0.25, -0.2) is 13.1 Å². The number of piperidine rings is 1. The molecule has 1 amide bonds. The van der Waals surface area contributed by atoms with Gasteiger partial charge in [-0.2, -0.15) is 0 Å². The quantitative estimate of drug-likeness (QED) is 0.736. The van der Waals surface area contributed by atoms with Crippen LogP contribution >= 0.6 is 0 Å². The maximum absolute atomic E-state index is 12.3. The molecule has 0 saturated carbocycles. The molecule has 7 nitrogen and oxygen atoms in total. The third-order valence-corrected chi connectivity index (χ3v) is 3.91. The molecule has 1 rings (SSSR count). The van der Waals surface area contributed by atoms with Crippen molar-refractivity contribution < 1.29 is 23.1 Å². The normalized spacial score (nSPS) is 21.2. The van der Waals surface area contributed by atoms with Gasteiger partial charge in [0.15, 0.2) is 0 Å². The van der Waals surface area contributed by atoms with Crippen LogP contribution in [0.2, 0.25) is 0 Å². The van der Waals surface area contributed by atoms with E-state index in [9.17, 15) is 18.0 Å². The third-order valence-electron chi connectivity index (χ3n) is 3.03. The van der Waals surface area contributed by atoms with Crippen LogP contribution in [0.1, 0.15) is 26.7 Å². The Bertz CT molecular complexity index is 471. The molecule has 2 N–H and O–H groups in total. The highest BCUT2D eigenvalue weighted by molar-refractivity contribution is 7.88. The maximum Gasteiger partial charge on any atom is 0.308 e. The van der Waals surface area contributed by atoms with E-state index >= 15 is 0 Å². The van der Waals surface area contributed by atoms with Gasteiger partial charge in [-0.1, -0.05) is 0 Å². The monoisotopic (exact) mass is 292 g/mol. The molecule has 0 aromatic rings. The minimum Gasteiger partial charge on any atom is -0.481 e. The summed E-state index contributed by atoms with van der Waals surface area (Å²) < 4.78 is 24.7. The number of nitrogens with one attached hydrogen (secondary N) is 1. The fraction of sp³-hybridized carbons (Fsp3) is 0.818. The van der Waals surface area contributed by atoms with Crippen molar-refractivity contribution in [3.8, 4) is 0 Å². The minimum absolute atomic E-state index is 0.128. The Labute approximate surface area is 113 Å². The molecule has 0 aliphatic carbocycles. The van der Waals surface area contributed by atoms with Crippen LogP contribution in [-0.2, 0) is 19.6 Å². The number of amides is 1. The van der Waals surface area contributed by atoms with Gasteiger partial charge in [-0.15, -0.1) is 0 Å².